The molecule has 0 aliphatic carbocycles. The van der Waals surface area contributed by atoms with Gasteiger partial charge in [0, 0.05) is 36.0 Å². The van der Waals surface area contributed by atoms with E-state index in [4.69, 9.17) is 34.8 Å². The Hall–Kier alpha value is -3.75. The Morgan fingerprint density at radius 1 is 1.02 bits per heavy atom. The minimum absolute atomic E-state index is 0.0244. The highest BCUT2D eigenvalue weighted by Gasteiger charge is 2.32. The summed E-state index contributed by atoms with van der Waals surface area (Å²) >= 11 is 17.1. The van der Waals surface area contributed by atoms with Crippen LogP contribution < -0.4 is 15.4 Å². The first kappa shape index (κ1) is 34.1. The fraction of sp³-hybridized carbons (Fsp3) is 0.276. The third-order valence-electron chi connectivity index (χ3n) is 6.40. The summed E-state index contributed by atoms with van der Waals surface area (Å²) in [6, 6.07) is 14.0. The molecule has 0 aliphatic rings. The van der Waals surface area contributed by atoms with Crippen molar-refractivity contribution in [1.29, 1.82) is 0 Å². The molecule has 4 N–H and O–H groups in total. The molecule has 1 unspecified atom stereocenters. The van der Waals surface area contributed by atoms with Crippen LogP contribution in [0.3, 0.4) is 0 Å². The average Bonchev–Trinajstić information content (AvgIpc) is 3.35. The Morgan fingerprint density at radius 2 is 1.73 bits per heavy atom. The molecule has 0 spiro atoms. The fourth-order valence-corrected chi connectivity index (χ4v) is 5.64. The number of amides is 2. The smallest absolute Gasteiger partial charge is 0.276 e. The predicted molar refractivity (Wildman–Crippen MR) is 173 cm³/mol. The molecule has 0 radical (unpaired) electrons. The number of carbonyl (C=O) groups is 2. The van der Waals surface area contributed by atoms with Gasteiger partial charge >= 0.3 is 0 Å². The Kier molecular flexibility index (Phi) is 10.7. The highest BCUT2D eigenvalue weighted by Crippen LogP contribution is 2.36. The van der Waals surface area contributed by atoms with E-state index in [0.717, 1.165) is 24.1 Å². The van der Waals surface area contributed by atoms with Crippen molar-refractivity contribution in [1.82, 2.24) is 24.7 Å². The number of alkyl halides is 3. The number of hydrogen-bond acceptors (Lipinski definition) is 8. The summed E-state index contributed by atoms with van der Waals surface area (Å²) < 4.78 is 25.9. The number of anilines is 2. The molecule has 12 nitrogen and oxygen atoms in total. The van der Waals surface area contributed by atoms with Gasteiger partial charge in [-0.25, -0.2) is 13.1 Å². The molecular weight excluding hydrogens is 665 g/mol. The SMILES string of the molecule is CCCc1ccc(S(=O)(=O)NC(C)CC(=O)Nc2cc(O)c(NC(=O)C(Cl)(Cl)Cl)cc2-n2nc(C)c(-c3ccccc3)n2)cn1. The van der Waals surface area contributed by atoms with Crippen molar-refractivity contribution < 1.29 is 23.1 Å². The van der Waals surface area contributed by atoms with Crippen LogP contribution in [0.5, 0.6) is 5.75 Å². The Morgan fingerprint density at radius 3 is 2.36 bits per heavy atom. The molecule has 0 saturated carbocycles. The molecule has 4 aromatic rings. The van der Waals surface area contributed by atoms with Crippen molar-refractivity contribution in [3.8, 4) is 22.7 Å². The summed E-state index contributed by atoms with van der Waals surface area (Å²) in [4.78, 5) is 30.9. The summed E-state index contributed by atoms with van der Waals surface area (Å²) in [6.45, 7) is 5.28. The van der Waals surface area contributed by atoms with Gasteiger partial charge in [-0.1, -0.05) is 78.5 Å². The van der Waals surface area contributed by atoms with E-state index in [-0.39, 0.29) is 28.4 Å². The second kappa shape index (κ2) is 14.1. The number of aromatic nitrogens is 4. The monoisotopic (exact) mass is 693 g/mol. The minimum atomic E-state index is -3.95. The van der Waals surface area contributed by atoms with Crippen LogP contribution >= 0.6 is 34.8 Å². The van der Waals surface area contributed by atoms with E-state index in [1.165, 1.54) is 36.1 Å². The van der Waals surface area contributed by atoms with Crippen molar-refractivity contribution in [3.63, 3.8) is 0 Å². The van der Waals surface area contributed by atoms with Crippen molar-refractivity contribution in [2.75, 3.05) is 10.6 Å². The first-order valence-corrected chi connectivity index (χ1v) is 16.3. The van der Waals surface area contributed by atoms with E-state index < -0.39 is 37.4 Å². The van der Waals surface area contributed by atoms with Crippen molar-refractivity contribution in [2.45, 2.75) is 54.8 Å². The largest absolute Gasteiger partial charge is 0.506 e. The third-order valence-corrected chi connectivity index (χ3v) is 8.49. The molecule has 2 amide bonds. The molecule has 16 heteroatoms. The molecule has 0 saturated heterocycles. The summed E-state index contributed by atoms with van der Waals surface area (Å²) in [5, 5.41) is 24.7. The van der Waals surface area contributed by atoms with E-state index in [1.54, 1.807) is 13.0 Å². The number of aromatic hydroxyl groups is 1. The average molecular weight is 695 g/mol. The van der Waals surface area contributed by atoms with E-state index in [1.807, 2.05) is 37.3 Å². The zero-order chi connectivity index (χ0) is 32.9. The van der Waals surface area contributed by atoms with Crippen molar-refractivity contribution in [2.24, 2.45) is 0 Å². The maximum absolute atomic E-state index is 13.1. The number of pyridine rings is 1. The summed E-state index contributed by atoms with van der Waals surface area (Å²) in [5.41, 5.74) is 2.73. The quantitative estimate of drug-likeness (QED) is 0.121. The van der Waals surface area contributed by atoms with Crippen LogP contribution in [0.1, 0.15) is 38.1 Å². The lowest BCUT2D eigenvalue weighted by Gasteiger charge is -2.18. The number of phenolic OH excluding ortho intramolecular Hbond substituents is 1. The highest BCUT2D eigenvalue weighted by molar-refractivity contribution is 7.89. The van der Waals surface area contributed by atoms with Gasteiger partial charge in [0.25, 0.3) is 9.70 Å². The van der Waals surface area contributed by atoms with Crippen LogP contribution in [0, 0.1) is 6.92 Å². The lowest BCUT2D eigenvalue weighted by atomic mass is 10.1. The molecule has 238 valence electrons. The number of hydrogen-bond donors (Lipinski definition) is 4. The molecule has 0 bridgehead atoms. The molecule has 2 aromatic heterocycles. The molecule has 1 atom stereocenters. The lowest BCUT2D eigenvalue weighted by molar-refractivity contribution is -0.117. The van der Waals surface area contributed by atoms with Crippen molar-refractivity contribution >= 4 is 68.0 Å². The summed E-state index contributed by atoms with van der Waals surface area (Å²) in [6.07, 6.45) is 2.61. The summed E-state index contributed by atoms with van der Waals surface area (Å²) in [5.74, 6) is -2.08. The van der Waals surface area contributed by atoms with E-state index in [2.05, 4.69) is 30.5 Å². The van der Waals surface area contributed by atoms with Gasteiger partial charge in [-0.05, 0) is 38.5 Å². The number of carbonyl (C=O) groups excluding carboxylic acids is 2. The number of nitrogens with one attached hydrogen (secondary N) is 3. The second-order valence-electron chi connectivity index (χ2n) is 10.1. The van der Waals surface area contributed by atoms with Crippen LogP contribution in [0.25, 0.3) is 16.9 Å². The van der Waals surface area contributed by atoms with Gasteiger partial charge in [0.1, 0.15) is 22.0 Å². The molecule has 2 aromatic carbocycles. The second-order valence-corrected chi connectivity index (χ2v) is 14.1. The molecule has 2 heterocycles. The van der Waals surface area contributed by atoms with E-state index >= 15 is 0 Å². The van der Waals surface area contributed by atoms with E-state index in [0.29, 0.717) is 11.4 Å². The van der Waals surface area contributed by atoms with Gasteiger partial charge in [-0.3, -0.25) is 14.6 Å². The van der Waals surface area contributed by atoms with Crippen LogP contribution in [-0.2, 0) is 26.0 Å². The predicted octanol–water partition coefficient (Wildman–Crippen LogP) is 5.30. The van der Waals surface area contributed by atoms with Gasteiger partial charge in [-0.2, -0.15) is 5.10 Å². The number of aryl methyl sites for hydroxylation is 2. The third kappa shape index (κ3) is 8.70. The van der Waals surface area contributed by atoms with Crippen LogP contribution in [-0.4, -0.2) is 55.2 Å². The van der Waals surface area contributed by atoms with Gasteiger partial charge in [0.05, 0.1) is 17.1 Å². The Bertz CT molecular complexity index is 1800. The molecule has 4 rings (SSSR count). The highest BCUT2D eigenvalue weighted by atomic mass is 35.6. The Labute approximate surface area is 275 Å². The first-order valence-electron chi connectivity index (χ1n) is 13.7. The molecule has 45 heavy (non-hydrogen) atoms. The molecule has 0 fully saturated rings. The number of benzene rings is 2. The normalized spacial score (nSPS) is 12.5. The standard InChI is InChI=1S/C29H30Cl3N7O5S/c1-4-8-20-11-12-21(16-33-20)45(43,44)38-17(2)13-26(41)34-22-15-25(40)23(35-28(42)29(30,31)32)14-24(22)39-36-18(3)27(37-39)19-9-6-5-7-10-19/h5-7,9-12,14-17,38,40H,4,8,13H2,1-3H3,(H,34,41)(H,35,42). The first-order chi connectivity index (χ1) is 21.2. The maximum atomic E-state index is 13.1. The van der Waals surface area contributed by atoms with Crippen LogP contribution in [0.4, 0.5) is 11.4 Å². The van der Waals surface area contributed by atoms with Gasteiger partial charge in [0.2, 0.25) is 15.9 Å². The fourth-order valence-electron chi connectivity index (χ4n) is 4.31. The number of nitrogens with zero attached hydrogens (tertiary/aromatic N) is 4. The topological polar surface area (TPSA) is 168 Å². The summed E-state index contributed by atoms with van der Waals surface area (Å²) in [7, 11) is -3.95. The molecular formula is C29H30Cl3N7O5S. The van der Waals surface area contributed by atoms with Crippen molar-refractivity contribution in [3.05, 3.63) is 72.2 Å². The van der Waals surface area contributed by atoms with Crippen LogP contribution in [0.15, 0.2) is 65.7 Å². The zero-order valence-corrected chi connectivity index (χ0v) is 27.5. The number of rotatable bonds is 11. The van der Waals surface area contributed by atoms with E-state index in [9.17, 15) is 23.1 Å². The lowest BCUT2D eigenvalue weighted by Crippen LogP contribution is -2.35. The number of halogens is 3. The number of phenols is 1. The molecule has 0 aliphatic heterocycles. The zero-order valence-electron chi connectivity index (χ0n) is 24.4. The van der Waals surface area contributed by atoms with Gasteiger partial charge in [0.15, 0.2) is 0 Å². The van der Waals surface area contributed by atoms with Gasteiger partial charge < -0.3 is 15.7 Å². The van der Waals surface area contributed by atoms with Crippen LogP contribution in [0.2, 0.25) is 0 Å². The minimum Gasteiger partial charge on any atom is -0.506 e. The van der Waals surface area contributed by atoms with Gasteiger partial charge in [-0.15, -0.1) is 9.90 Å². The Balaban J connectivity index is 1.60. The maximum Gasteiger partial charge on any atom is 0.276 e. The number of sulfonamides is 1.